The van der Waals surface area contributed by atoms with Gasteiger partial charge in [0.05, 0.1) is 6.21 Å². The minimum Gasteiger partial charge on any atom is -0.460 e. The second-order valence-electron chi connectivity index (χ2n) is 4.14. The average molecular weight is 273 g/mol. The Balaban J connectivity index is 1.84. The zero-order valence-electron chi connectivity index (χ0n) is 10.8. The SMILES string of the molecule is Cc1ccc(NC(=S)N/N=C/c2ccc(C)o2)cc1. The third-order valence-electron chi connectivity index (χ3n) is 2.43. The van der Waals surface area contributed by atoms with Crippen LogP contribution in [0.15, 0.2) is 45.9 Å². The molecule has 0 aliphatic heterocycles. The Hall–Kier alpha value is -2.14. The summed E-state index contributed by atoms with van der Waals surface area (Å²) in [5.74, 6) is 1.53. The van der Waals surface area contributed by atoms with E-state index >= 15 is 0 Å². The van der Waals surface area contributed by atoms with Gasteiger partial charge in [-0.05, 0) is 50.3 Å². The number of nitrogens with one attached hydrogen (secondary N) is 2. The first-order chi connectivity index (χ1) is 9.13. The summed E-state index contributed by atoms with van der Waals surface area (Å²) >= 11 is 5.12. The van der Waals surface area contributed by atoms with E-state index in [9.17, 15) is 0 Å². The zero-order valence-corrected chi connectivity index (χ0v) is 11.6. The normalized spacial score (nSPS) is 10.6. The fourth-order valence-corrected chi connectivity index (χ4v) is 1.64. The van der Waals surface area contributed by atoms with E-state index in [1.807, 2.05) is 50.2 Å². The molecule has 2 aromatic rings. The second kappa shape index (κ2) is 6.15. The molecule has 0 amide bonds. The van der Waals surface area contributed by atoms with Gasteiger partial charge in [0.25, 0.3) is 0 Å². The average Bonchev–Trinajstić information content (AvgIpc) is 2.78. The first-order valence-electron chi connectivity index (χ1n) is 5.86. The van der Waals surface area contributed by atoms with Gasteiger partial charge in [0.1, 0.15) is 11.5 Å². The maximum Gasteiger partial charge on any atom is 0.191 e. The van der Waals surface area contributed by atoms with Crippen LogP contribution < -0.4 is 10.7 Å². The molecule has 5 heteroatoms. The molecule has 98 valence electrons. The summed E-state index contributed by atoms with van der Waals surface area (Å²) in [5, 5.41) is 7.47. The summed E-state index contributed by atoms with van der Waals surface area (Å²) in [7, 11) is 0. The van der Waals surface area contributed by atoms with Crippen LogP contribution in [0.1, 0.15) is 17.1 Å². The Labute approximate surface area is 117 Å². The Morgan fingerprint density at radius 2 is 1.89 bits per heavy atom. The molecule has 0 saturated carbocycles. The number of thiocarbonyl (C=S) groups is 1. The summed E-state index contributed by atoms with van der Waals surface area (Å²) < 4.78 is 5.34. The third-order valence-corrected chi connectivity index (χ3v) is 2.62. The molecule has 0 aliphatic carbocycles. The van der Waals surface area contributed by atoms with E-state index in [2.05, 4.69) is 15.8 Å². The Morgan fingerprint density at radius 1 is 1.16 bits per heavy atom. The van der Waals surface area contributed by atoms with Gasteiger partial charge in [0.2, 0.25) is 0 Å². The zero-order chi connectivity index (χ0) is 13.7. The van der Waals surface area contributed by atoms with Crippen molar-refractivity contribution in [2.45, 2.75) is 13.8 Å². The van der Waals surface area contributed by atoms with Crippen molar-refractivity contribution in [2.75, 3.05) is 5.32 Å². The fourth-order valence-electron chi connectivity index (χ4n) is 1.47. The summed E-state index contributed by atoms with van der Waals surface area (Å²) in [4.78, 5) is 0. The maximum atomic E-state index is 5.34. The quantitative estimate of drug-likeness (QED) is 0.512. The highest BCUT2D eigenvalue weighted by atomic mass is 32.1. The van der Waals surface area contributed by atoms with E-state index in [0.717, 1.165) is 11.4 Å². The van der Waals surface area contributed by atoms with Crippen LogP contribution in [0.2, 0.25) is 0 Å². The van der Waals surface area contributed by atoms with Crippen molar-refractivity contribution in [3.8, 4) is 0 Å². The number of hydrogen-bond acceptors (Lipinski definition) is 3. The lowest BCUT2D eigenvalue weighted by Crippen LogP contribution is -2.23. The van der Waals surface area contributed by atoms with Crippen molar-refractivity contribution in [3.05, 3.63) is 53.5 Å². The van der Waals surface area contributed by atoms with Crippen LogP contribution in [0, 0.1) is 13.8 Å². The molecule has 4 nitrogen and oxygen atoms in total. The fraction of sp³-hybridized carbons (Fsp3) is 0.143. The molecule has 0 bridgehead atoms. The lowest BCUT2D eigenvalue weighted by Gasteiger charge is -2.06. The minimum absolute atomic E-state index is 0.434. The van der Waals surface area contributed by atoms with E-state index in [0.29, 0.717) is 10.9 Å². The number of nitrogens with zero attached hydrogens (tertiary/aromatic N) is 1. The molecular formula is C14H15N3OS. The number of furan rings is 1. The van der Waals surface area contributed by atoms with Gasteiger partial charge in [-0.3, -0.25) is 5.43 Å². The predicted molar refractivity (Wildman–Crippen MR) is 81.6 cm³/mol. The first kappa shape index (κ1) is 13.3. The first-order valence-corrected chi connectivity index (χ1v) is 6.27. The van der Waals surface area contributed by atoms with Crippen LogP contribution in [0.4, 0.5) is 5.69 Å². The number of hydrazone groups is 1. The van der Waals surface area contributed by atoms with Gasteiger partial charge in [0.15, 0.2) is 5.11 Å². The highest BCUT2D eigenvalue weighted by molar-refractivity contribution is 7.80. The Bertz CT molecular complexity index is 587. The van der Waals surface area contributed by atoms with Gasteiger partial charge >= 0.3 is 0 Å². The molecule has 0 aliphatic rings. The largest absolute Gasteiger partial charge is 0.460 e. The molecule has 2 rings (SSSR count). The summed E-state index contributed by atoms with van der Waals surface area (Å²) in [6, 6.07) is 11.7. The van der Waals surface area contributed by atoms with Crippen LogP contribution >= 0.6 is 12.2 Å². The molecule has 0 spiro atoms. The number of benzene rings is 1. The van der Waals surface area contributed by atoms with Crippen LogP contribution in [-0.4, -0.2) is 11.3 Å². The monoisotopic (exact) mass is 273 g/mol. The Kier molecular flexibility index (Phi) is 4.30. The van der Waals surface area contributed by atoms with Gasteiger partial charge in [-0.15, -0.1) is 0 Å². The van der Waals surface area contributed by atoms with Gasteiger partial charge in [-0.25, -0.2) is 0 Å². The summed E-state index contributed by atoms with van der Waals surface area (Å²) in [6.07, 6.45) is 1.58. The van der Waals surface area contributed by atoms with Gasteiger partial charge in [-0.1, -0.05) is 17.7 Å². The molecular weight excluding hydrogens is 258 g/mol. The van der Waals surface area contributed by atoms with Crippen LogP contribution in [0.3, 0.4) is 0 Å². The number of hydrogen-bond donors (Lipinski definition) is 2. The second-order valence-corrected chi connectivity index (χ2v) is 4.55. The van der Waals surface area contributed by atoms with Crippen molar-refractivity contribution in [1.29, 1.82) is 0 Å². The van der Waals surface area contributed by atoms with Crippen molar-refractivity contribution in [2.24, 2.45) is 5.10 Å². The lowest BCUT2D eigenvalue weighted by atomic mass is 10.2. The molecule has 1 aromatic heterocycles. The lowest BCUT2D eigenvalue weighted by molar-refractivity contribution is 0.527. The van der Waals surface area contributed by atoms with Crippen molar-refractivity contribution in [3.63, 3.8) is 0 Å². The molecule has 2 N–H and O–H groups in total. The number of aryl methyl sites for hydroxylation is 2. The molecule has 0 saturated heterocycles. The highest BCUT2D eigenvalue weighted by Crippen LogP contribution is 2.08. The highest BCUT2D eigenvalue weighted by Gasteiger charge is 1.96. The Morgan fingerprint density at radius 3 is 2.53 bits per heavy atom. The number of anilines is 1. The van der Waals surface area contributed by atoms with Gasteiger partial charge in [-0.2, -0.15) is 5.10 Å². The molecule has 0 fully saturated rings. The van der Waals surface area contributed by atoms with E-state index < -0.39 is 0 Å². The molecule has 19 heavy (non-hydrogen) atoms. The van der Waals surface area contributed by atoms with Crippen molar-refractivity contribution in [1.82, 2.24) is 5.43 Å². The van der Waals surface area contributed by atoms with Crippen LogP contribution in [-0.2, 0) is 0 Å². The minimum atomic E-state index is 0.434. The smallest absolute Gasteiger partial charge is 0.191 e. The van der Waals surface area contributed by atoms with E-state index in [1.165, 1.54) is 5.56 Å². The molecule has 0 atom stereocenters. The van der Waals surface area contributed by atoms with Gasteiger partial charge < -0.3 is 9.73 Å². The van der Waals surface area contributed by atoms with Crippen molar-refractivity contribution >= 4 is 29.2 Å². The third kappa shape index (κ3) is 4.22. The van der Waals surface area contributed by atoms with E-state index in [4.69, 9.17) is 16.6 Å². The van der Waals surface area contributed by atoms with E-state index in [-0.39, 0.29) is 0 Å². The van der Waals surface area contributed by atoms with E-state index in [1.54, 1.807) is 6.21 Å². The molecule has 1 aromatic carbocycles. The number of rotatable bonds is 3. The van der Waals surface area contributed by atoms with Crippen molar-refractivity contribution < 1.29 is 4.42 Å². The van der Waals surface area contributed by atoms with Gasteiger partial charge in [0, 0.05) is 5.69 Å². The summed E-state index contributed by atoms with van der Waals surface area (Å²) in [5.41, 5.74) is 4.86. The molecule has 0 unspecified atom stereocenters. The molecule has 1 heterocycles. The predicted octanol–water partition coefficient (Wildman–Crippen LogP) is 3.22. The summed E-state index contributed by atoms with van der Waals surface area (Å²) in [6.45, 7) is 3.92. The maximum absolute atomic E-state index is 5.34. The standard InChI is InChI=1S/C14H15N3OS/c1-10-3-6-12(7-4-10)16-14(19)17-15-9-13-8-5-11(2)18-13/h3-9H,1-2H3,(H2,16,17,19)/b15-9+. The topological polar surface area (TPSA) is 49.6 Å². The molecule has 0 radical (unpaired) electrons. The van der Waals surface area contributed by atoms with Crippen LogP contribution in [0.5, 0.6) is 0 Å². The van der Waals surface area contributed by atoms with Crippen LogP contribution in [0.25, 0.3) is 0 Å².